The van der Waals surface area contributed by atoms with Crippen molar-refractivity contribution in [2.24, 2.45) is 0 Å². The maximum Gasteiger partial charge on any atom is 0.416 e. The van der Waals surface area contributed by atoms with Crippen LogP contribution >= 0.6 is 0 Å². The van der Waals surface area contributed by atoms with Gasteiger partial charge in [0.05, 0.1) is 23.1 Å². The lowest BCUT2D eigenvalue weighted by Crippen LogP contribution is -2.36. The molecule has 2 aromatic rings. The Kier molecular flexibility index (Phi) is 8.69. The van der Waals surface area contributed by atoms with Crippen molar-refractivity contribution in [1.82, 2.24) is 10.0 Å². The molecule has 0 aliphatic carbocycles. The summed E-state index contributed by atoms with van der Waals surface area (Å²) in [6.45, 7) is -2.27. The first kappa shape index (κ1) is 28.6. The van der Waals surface area contributed by atoms with Crippen LogP contribution in [0.4, 0.5) is 26.3 Å². The van der Waals surface area contributed by atoms with Crippen LogP contribution in [0.5, 0.6) is 5.75 Å². The number of imide groups is 1. The number of sulfonamides is 1. The number of esters is 1. The van der Waals surface area contributed by atoms with Gasteiger partial charge in [0.15, 0.2) is 6.61 Å². The van der Waals surface area contributed by atoms with Crippen LogP contribution < -0.4 is 14.8 Å². The first-order chi connectivity index (χ1) is 16.5. The van der Waals surface area contributed by atoms with E-state index in [-0.39, 0.29) is 23.8 Å². The maximum atomic E-state index is 12.9. The van der Waals surface area contributed by atoms with Gasteiger partial charge >= 0.3 is 18.3 Å². The van der Waals surface area contributed by atoms with Crippen molar-refractivity contribution in [3.05, 3.63) is 59.2 Å². The first-order valence-corrected chi connectivity index (χ1v) is 10.9. The molecule has 9 nitrogen and oxygen atoms in total. The van der Waals surface area contributed by atoms with Gasteiger partial charge in [-0.3, -0.25) is 19.7 Å². The molecule has 0 aromatic heterocycles. The highest BCUT2D eigenvalue weighted by Gasteiger charge is 2.38. The summed E-state index contributed by atoms with van der Waals surface area (Å²) < 4.78 is 113. The van der Waals surface area contributed by atoms with Crippen LogP contribution in [0.1, 0.15) is 21.5 Å². The fourth-order valence-electron chi connectivity index (χ4n) is 2.49. The second kappa shape index (κ2) is 10.9. The molecule has 16 heteroatoms. The molecule has 0 atom stereocenters. The van der Waals surface area contributed by atoms with Crippen molar-refractivity contribution in [3.8, 4) is 5.75 Å². The SMILES string of the molecule is COc1ccc(C(=O)NC(=O)COC(=O)CNS(=O)(=O)c2cc(C(F)(F)F)cc(C(F)(F)F)c2)cc1. The number of nitrogens with one attached hydrogen (secondary N) is 2. The van der Waals surface area contributed by atoms with E-state index in [0.29, 0.717) is 5.75 Å². The normalized spacial score (nSPS) is 12.1. The van der Waals surface area contributed by atoms with E-state index >= 15 is 0 Å². The van der Waals surface area contributed by atoms with Crippen molar-refractivity contribution in [3.63, 3.8) is 0 Å². The average molecular weight is 542 g/mol. The Morgan fingerprint density at radius 2 is 1.42 bits per heavy atom. The van der Waals surface area contributed by atoms with Crippen LogP contribution in [-0.4, -0.2) is 46.5 Å². The Bertz CT molecular complexity index is 1210. The van der Waals surface area contributed by atoms with Gasteiger partial charge in [0.25, 0.3) is 11.8 Å². The van der Waals surface area contributed by atoms with Gasteiger partial charge in [0.1, 0.15) is 12.3 Å². The third-order valence-corrected chi connectivity index (χ3v) is 5.63. The molecule has 0 bridgehead atoms. The van der Waals surface area contributed by atoms with Gasteiger partial charge in [-0.15, -0.1) is 0 Å². The molecule has 0 spiro atoms. The Morgan fingerprint density at radius 3 is 1.89 bits per heavy atom. The number of rotatable bonds is 8. The summed E-state index contributed by atoms with van der Waals surface area (Å²) in [4.78, 5) is 34.0. The number of methoxy groups -OCH3 is 1. The lowest BCUT2D eigenvalue weighted by molar-refractivity contribution is -0.147. The van der Waals surface area contributed by atoms with Crippen molar-refractivity contribution >= 4 is 27.8 Å². The zero-order valence-corrected chi connectivity index (χ0v) is 18.8. The Hall–Kier alpha value is -3.66. The fraction of sp³-hybridized carbons (Fsp3) is 0.250. The minimum atomic E-state index is -5.29. The minimum Gasteiger partial charge on any atom is -0.497 e. The molecule has 196 valence electrons. The van der Waals surface area contributed by atoms with E-state index in [1.165, 1.54) is 36.1 Å². The van der Waals surface area contributed by atoms with Gasteiger partial charge in [-0.1, -0.05) is 0 Å². The predicted molar refractivity (Wildman–Crippen MR) is 108 cm³/mol. The molecule has 2 amide bonds. The second-order valence-corrected chi connectivity index (χ2v) is 8.60. The highest BCUT2D eigenvalue weighted by molar-refractivity contribution is 7.89. The van der Waals surface area contributed by atoms with Gasteiger partial charge < -0.3 is 9.47 Å². The first-order valence-electron chi connectivity index (χ1n) is 9.46. The van der Waals surface area contributed by atoms with Crippen LogP contribution in [0, 0.1) is 0 Å². The summed E-state index contributed by atoms with van der Waals surface area (Å²) in [5.74, 6) is -2.92. The number of alkyl halides is 6. The molecule has 2 aromatic carbocycles. The summed E-state index contributed by atoms with van der Waals surface area (Å²) in [6, 6.07) is 5.20. The van der Waals surface area contributed by atoms with Gasteiger partial charge in [0.2, 0.25) is 10.0 Å². The van der Waals surface area contributed by atoms with Gasteiger partial charge in [0, 0.05) is 5.56 Å². The molecular weight excluding hydrogens is 526 g/mol. The third-order valence-electron chi connectivity index (χ3n) is 4.25. The van der Waals surface area contributed by atoms with Crippen molar-refractivity contribution in [1.29, 1.82) is 0 Å². The Labute approximate surface area is 199 Å². The van der Waals surface area contributed by atoms with Crippen molar-refractivity contribution < 1.29 is 58.6 Å². The lowest BCUT2D eigenvalue weighted by atomic mass is 10.1. The molecule has 0 saturated heterocycles. The smallest absolute Gasteiger partial charge is 0.416 e. The molecule has 0 aliphatic heterocycles. The summed E-state index contributed by atoms with van der Waals surface area (Å²) in [5.41, 5.74) is -3.69. The monoisotopic (exact) mass is 542 g/mol. The van der Waals surface area contributed by atoms with E-state index < -0.39 is 69.3 Å². The third kappa shape index (κ3) is 7.94. The molecule has 36 heavy (non-hydrogen) atoms. The lowest BCUT2D eigenvalue weighted by Gasteiger charge is -2.14. The number of benzene rings is 2. The van der Waals surface area contributed by atoms with Crippen LogP contribution in [0.25, 0.3) is 0 Å². The van der Waals surface area contributed by atoms with Crippen LogP contribution in [0.3, 0.4) is 0 Å². The fourth-order valence-corrected chi connectivity index (χ4v) is 3.53. The highest BCUT2D eigenvalue weighted by Crippen LogP contribution is 2.37. The second-order valence-electron chi connectivity index (χ2n) is 6.83. The molecule has 0 heterocycles. The molecule has 0 fully saturated rings. The van der Waals surface area contributed by atoms with Gasteiger partial charge in [-0.05, 0) is 42.5 Å². The van der Waals surface area contributed by atoms with E-state index in [2.05, 4.69) is 4.74 Å². The molecular formula is C20H16F6N2O7S. The molecule has 0 radical (unpaired) electrons. The average Bonchev–Trinajstić information content (AvgIpc) is 2.80. The highest BCUT2D eigenvalue weighted by atomic mass is 32.2. The van der Waals surface area contributed by atoms with E-state index in [4.69, 9.17) is 4.74 Å². The van der Waals surface area contributed by atoms with Crippen molar-refractivity contribution in [2.75, 3.05) is 20.3 Å². The number of halogens is 6. The zero-order valence-electron chi connectivity index (χ0n) is 18.0. The summed E-state index contributed by atoms with van der Waals surface area (Å²) in [6.07, 6.45) is -10.6. The minimum absolute atomic E-state index is 0.0405. The predicted octanol–water partition coefficient (Wildman–Crippen LogP) is 2.51. The zero-order chi connectivity index (χ0) is 27.3. The standard InChI is InChI=1S/C20H16F6N2O7S/c1-34-14-4-2-11(3-5-14)18(31)28-16(29)10-35-17(30)9-27-36(32,33)15-7-12(19(21,22)23)6-13(8-15)20(24,25)26/h2-8,27H,9-10H2,1H3,(H,28,29,31). The number of carbonyl (C=O) groups excluding carboxylic acids is 3. The number of hydrogen-bond donors (Lipinski definition) is 2. The quantitative estimate of drug-likeness (QED) is 0.388. The topological polar surface area (TPSA) is 128 Å². The van der Waals surface area contributed by atoms with Gasteiger partial charge in [-0.25, -0.2) is 8.42 Å². The van der Waals surface area contributed by atoms with E-state index in [1.807, 2.05) is 5.32 Å². The van der Waals surface area contributed by atoms with Crippen LogP contribution in [-0.2, 0) is 36.7 Å². The number of ether oxygens (including phenoxy) is 2. The van der Waals surface area contributed by atoms with E-state index in [0.717, 1.165) is 0 Å². The molecule has 0 unspecified atom stereocenters. The molecule has 0 aliphatic rings. The van der Waals surface area contributed by atoms with Crippen LogP contribution in [0.15, 0.2) is 47.4 Å². The Morgan fingerprint density at radius 1 is 0.889 bits per heavy atom. The largest absolute Gasteiger partial charge is 0.497 e. The number of carbonyl (C=O) groups is 3. The maximum absolute atomic E-state index is 12.9. The van der Waals surface area contributed by atoms with E-state index in [1.54, 1.807) is 0 Å². The van der Waals surface area contributed by atoms with Crippen molar-refractivity contribution in [2.45, 2.75) is 17.2 Å². The number of hydrogen-bond acceptors (Lipinski definition) is 7. The summed E-state index contributed by atoms with van der Waals surface area (Å²) in [5, 5.41) is 1.88. The molecule has 2 N–H and O–H groups in total. The number of amides is 2. The summed E-state index contributed by atoms with van der Waals surface area (Å²) in [7, 11) is -3.64. The van der Waals surface area contributed by atoms with E-state index in [9.17, 15) is 49.1 Å². The molecule has 2 rings (SSSR count). The summed E-state index contributed by atoms with van der Waals surface area (Å²) >= 11 is 0. The molecule has 0 saturated carbocycles. The van der Waals surface area contributed by atoms with Gasteiger partial charge in [-0.2, -0.15) is 31.1 Å². The van der Waals surface area contributed by atoms with Crippen LogP contribution in [0.2, 0.25) is 0 Å². The Balaban J connectivity index is 1.98.